The van der Waals surface area contributed by atoms with Gasteiger partial charge in [-0.1, -0.05) is 6.92 Å². The smallest absolute Gasteiger partial charge is 0.220 e. The molecule has 0 saturated carbocycles. The molecule has 1 unspecified atom stereocenters. The predicted molar refractivity (Wildman–Crippen MR) is 72.9 cm³/mol. The molecule has 0 aromatic carbocycles. The molecule has 0 saturated heterocycles. The summed E-state index contributed by atoms with van der Waals surface area (Å²) < 4.78 is 0. The maximum absolute atomic E-state index is 11.5. The minimum absolute atomic E-state index is 0.179. The summed E-state index contributed by atoms with van der Waals surface area (Å²) in [4.78, 5) is 13.7. The van der Waals surface area contributed by atoms with Crippen LogP contribution in [-0.2, 0) is 4.79 Å². The highest BCUT2D eigenvalue weighted by Gasteiger charge is 2.05. The van der Waals surface area contributed by atoms with Crippen LogP contribution in [0.2, 0.25) is 0 Å². The molecule has 1 amide bonds. The van der Waals surface area contributed by atoms with Crippen molar-refractivity contribution < 1.29 is 4.79 Å². The molecule has 4 heteroatoms. The molecular formula is C13H29N3O. The molecule has 0 fully saturated rings. The first kappa shape index (κ1) is 16.4. The van der Waals surface area contributed by atoms with Gasteiger partial charge in [-0.25, -0.2) is 0 Å². The molecule has 4 nitrogen and oxygen atoms in total. The zero-order valence-corrected chi connectivity index (χ0v) is 11.7. The van der Waals surface area contributed by atoms with Gasteiger partial charge in [-0.15, -0.1) is 0 Å². The number of unbranched alkanes of at least 4 members (excludes halogenated alkanes) is 1. The second-order valence-corrected chi connectivity index (χ2v) is 5.08. The Bertz CT molecular complexity index is 195. The quantitative estimate of drug-likeness (QED) is 0.567. The van der Waals surface area contributed by atoms with E-state index in [1.54, 1.807) is 0 Å². The Morgan fingerprint density at radius 1 is 1.29 bits per heavy atom. The van der Waals surface area contributed by atoms with Crippen molar-refractivity contribution in [3.05, 3.63) is 0 Å². The lowest BCUT2D eigenvalue weighted by Crippen LogP contribution is -2.25. The normalized spacial score (nSPS) is 12.8. The Hall–Kier alpha value is -0.610. The topological polar surface area (TPSA) is 58.4 Å². The Morgan fingerprint density at radius 3 is 2.59 bits per heavy atom. The molecule has 17 heavy (non-hydrogen) atoms. The molecule has 1 atom stereocenters. The fraction of sp³-hybridized carbons (Fsp3) is 0.923. The van der Waals surface area contributed by atoms with E-state index in [1.165, 1.54) is 0 Å². The van der Waals surface area contributed by atoms with Crippen LogP contribution in [0.1, 0.15) is 39.0 Å². The van der Waals surface area contributed by atoms with Crippen molar-refractivity contribution in [3.63, 3.8) is 0 Å². The van der Waals surface area contributed by atoms with Gasteiger partial charge >= 0.3 is 0 Å². The summed E-state index contributed by atoms with van der Waals surface area (Å²) in [6.07, 6.45) is 4.78. The lowest BCUT2D eigenvalue weighted by Gasteiger charge is -2.11. The molecule has 0 aliphatic carbocycles. The number of rotatable bonds is 10. The van der Waals surface area contributed by atoms with E-state index >= 15 is 0 Å². The summed E-state index contributed by atoms with van der Waals surface area (Å²) in [6.45, 7) is 4.76. The maximum atomic E-state index is 11.5. The summed E-state index contributed by atoms with van der Waals surface area (Å²) in [5, 5.41) is 2.97. The first-order valence-electron chi connectivity index (χ1n) is 6.67. The van der Waals surface area contributed by atoms with E-state index in [-0.39, 0.29) is 5.91 Å². The fourth-order valence-electron chi connectivity index (χ4n) is 1.68. The molecule has 0 aliphatic heterocycles. The van der Waals surface area contributed by atoms with Gasteiger partial charge in [0.15, 0.2) is 0 Å². The van der Waals surface area contributed by atoms with E-state index in [9.17, 15) is 4.79 Å². The largest absolute Gasteiger partial charge is 0.356 e. The third kappa shape index (κ3) is 11.6. The van der Waals surface area contributed by atoms with Gasteiger partial charge in [-0.05, 0) is 58.8 Å². The fourth-order valence-corrected chi connectivity index (χ4v) is 1.68. The van der Waals surface area contributed by atoms with E-state index in [2.05, 4.69) is 31.2 Å². The van der Waals surface area contributed by atoms with Crippen molar-refractivity contribution in [2.75, 3.05) is 33.7 Å². The van der Waals surface area contributed by atoms with Crippen LogP contribution >= 0.6 is 0 Å². The van der Waals surface area contributed by atoms with Crippen molar-refractivity contribution in [1.29, 1.82) is 0 Å². The summed E-state index contributed by atoms with van der Waals surface area (Å²) in [5.74, 6) is 0.734. The number of carbonyl (C=O) groups is 1. The van der Waals surface area contributed by atoms with Gasteiger partial charge < -0.3 is 16.0 Å². The standard InChI is InChI=1S/C13H29N3O/c1-12(8-9-14)6-7-13(17)15-10-4-5-11-16(2)3/h12H,4-11,14H2,1-3H3,(H,15,17). The van der Waals surface area contributed by atoms with E-state index in [0.29, 0.717) is 18.9 Å². The summed E-state index contributed by atoms with van der Waals surface area (Å²) in [6, 6.07) is 0. The van der Waals surface area contributed by atoms with Gasteiger partial charge in [-0.3, -0.25) is 4.79 Å². The van der Waals surface area contributed by atoms with Crippen molar-refractivity contribution in [1.82, 2.24) is 10.2 Å². The lowest BCUT2D eigenvalue weighted by molar-refractivity contribution is -0.121. The predicted octanol–water partition coefficient (Wildman–Crippen LogP) is 1.21. The average molecular weight is 243 g/mol. The number of carbonyl (C=O) groups excluding carboxylic acids is 1. The van der Waals surface area contributed by atoms with E-state index in [1.807, 2.05) is 0 Å². The summed E-state index contributed by atoms with van der Waals surface area (Å²) in [7, 11) is 4.13. The van der Waals surface area contributed by atoms with Gasteiger partial charge in [0.05, 0.1) is 0 Å². The number of nitrogens with one attached hydrogen (secondary N) is 1. The third-order valence-electron chi connectivity index (χ3n) is 2.88. The molecule has 102 valence electrons. The van der Waals surface area contributed by atoms with Crippen LogP contribution in [0.5, 0.6) is 0 Å². The molecular weight excluding hydrogens is 214 g/mol. The molecule has 0 aromatic rings. The Kier molecular flexibility index (Phi) is 10.2. The number of nitrogens with zero attached hydrogens (tertiary/aromatic N) is 1. The molecule has 0 heterocycles. The van der Waals surface area contributed by atoms with Crippen LogP contribution in [0.4, 0.5) is 0 Å². The second kappa shape index (κ2) is 10.5. The van der Waals surface area contributed by atoms with Crippen LogP contribution < -0.4 is 11.1 Å². The van der Waals surface area contributed by atoms with Crippen molar-refractivity contribution >= 4 is 5.91 Å². The van der Waals surface area contributed by atoms with Gasteiger partial charge in [0.2, 0.25) is 5.91 Å². The van der Waals surface area contributed by atoms with Crippen molar-refractivity contribution in [2.24, 2.45) is 11.7 Å². The van der Waals surface area contributed by atoms with E-state index in [4.69, 9.17) is 5.73 Å². The molecule has 0 spiro atoms. The van der Waals surface area contributed by atoms with Gasteiger partial charge in [-0.2, -0.15) is 0 Å². The second-order valence-electron chi connectivity index (χ2n) is 5.08. The molecule has 0 aromatic heterocycles. The Labute approximate surface area is 106 Å². The minimum Gasteiger partial charge on any atom is -0.356 e. The number of nitrogens with two attached hydrogens (primary N) is 1. The Morgan fingerprint density at radius 2 is 2.00 bits per heavy atom. The zero-order chi connectivity index (χ0) is 13.1. The van der Waals surface area contributed by atoms with Crippen LogP contribution in [0.25, 0.3) is 0 Å². The molecule has 0 radical (unpaired) electrons. The van der Waals surface area contributed by atoms with Crippen LogP contribution in [0, 0.1) is 5.92 Å². The zero-order valence-electron chi connectivity index (χ0n) is 11.7. The lowest BCUT2D eigenvalue weighted by atomic mass is 10.0. The first-order valence-corrected chi connectivity index (χ1v) is 6.67. The maximum Gasteiger partial charge on any atom is 0.220 e. The van der Waals surface area contributed by atoms with Crippen LogP contribution in [0.15, 0.2) is 0 Å². The highest BCUT2D eigenvalue weighted by atomic mass is 16.1. The summed E-state index contributed by atoms with van der Waals surface area (Å²) in [5.41, 5.74) is 5.47. The third-order valence-corrected chi connectivity index (χ3v) is 2.88. The number of hydrogen-bond donors (Lipinski definition) is 2. The number of amides is 1. The molecule has 0 rings (SSSR count). The van der Waals surface area contributed by atoms with E-state index in [0.717, 1.165) is 38.8 Å². The van der Waals surface area contributed by atoms with Crippen LogP contribution in [0.3, 0.4) is 0 Å². The Balaban J connectivity index is 3.34. The monoisotopic (exact) mass is 243 g/mol. The molecule has 3 N–H and O–H groups in total. The van der Waals surface area contributed by atoms with Crippen molar-refractivity contribution in [2.45, 2.75) is 39.0 Å². The summed E-state index contributed by atoms with van der Waals surface area (Å²) >= 11 is 0. The SMILES string of the molecule is CC(CCN)CCC(=O)NCCCCN(C)C. The first-order chi connectivity index (χ1) is 8.06. The van der Waals surface area contributed by atoms with Gasteiger partial charge in [0.1, 0.15) is 0 Å². The molecule has 0 bridgehead atoms. The van der Waals surface area contributed by atoms with Crippen molar-refractivity contribution in [3.8, 4) is 0 Å². The number of hydrogen-bond acceptors (Lipinski definition) is 3. The van der Waals surface area contributed by atoms with Gasteiger partial charge in [0, 0.05) is 13.0 Å². The highest BCUT2D eigenvalue weighted by molar-refractivity contribution is 5.75. The highest BCUT2D eigenvalue weighted by Crippen LogP contribution is 2.08. The van der Waals surface area contributed by atoms with Gasteiger partial charge in [0.25, 0.3) is 0 Å². The molecule has 0 aliphatic rings. The van der Waals surface area contributed by atoms with E-state index < -0.39 is 0 Å². The average Bonchev–Trinajstić information content (AvgIpc) is 2.26. The minimum atomic E-state index is 0.179. The van der Waals surface area contributed by atoms with Crippen LogP contribution in [-0.4, -0.2) is 44.5 Å².